The van der Waals surface area contributed by atoms with E-state index in [4.69, 9.17) is 5.11 Å². The molecule has 1 aromatic rings. The van der Waals surface area contributed by atoms with Gasteiger partial charge in [0.2, 0.25) is 0 Å². The molecule has 108 valence electrons. The first kappa shape index (κ1) is 15.9. The van der Waals surface area contributed by atoms with Gasteiger partial charge in [-0.1, -0.05) is 31.1 Å². The fraction of sp³-hybridized carbons (Fsp3) is 0.600. The fourth-order valence-corrected chi connectivity index (χ4v) is 4.07. The Labute approximate surface area is 114 Å². The Bertz CT molecular complexity index is 602. The molecule has 0 aliphatic rings. The zero-order chi connectivity index (χ0) is 14.6. The maximum Gasteiger partial charge on any atom is 0.321 e. The zero-order valence-electron chi connectivity index (χ0n) is 10.6. The van der Waals surface area contributed by atoms with E-state index in [9.17, 15) is 18.0 Å². The summed E-state index contributed by atoms with van der Waals surface area (Å²) in [7, 11) is -3.99. The highest BCUT2D eigenvalue weighted by atomic mass is 32.2. The second-order valence-electron chi connectivity index (χ2n) is 4.08. The van der Waals surface area contributed by atoms with Crippen molar-refractivity contribution >= 4 is 27.3 Å². The number of rotatable bonds is 7. The quantitative estimate of drug-likeness (QED) is 0.684. The van der Waals surface area contributed by atoms with Crippen LogP contribution in [0.15, 0.2) is 9.00 Å². The minimum atomic E-state index is -3.99. The van der Waals surface area contributed by atoms with Crippen molar-refractivity contribution in [3.8, 4) is 0 Å². The number of aliphatic carboxylic acids is 1. The highest BCUT2D eigenvalue weighted by Gasteiger charge is 2.27. The molecule has 0 unspecified atom stereocenters. The smallest absolute Gasteiger partial charge is 0.321 e. The standard InChI is InChI=1S/C10H16N2O5S2/c1-3-4-5-7(8(13)14)12-19(16,17)9-6(2)11-10(15)18-9/h7,12H,3-5H2,1-2H3,(H,11,15)(H,13,14)/t7-/m0/s1. The second-order valence-corrected chi connectivity index (χ2v) is 6.97. The maximum atomic E-state index is 12.0. The molecule has 0 aromatic carbocycles. The lowest BCUT2D eigenvalue weighted by molar-refractivity contribution is -0.139. The molecule has 7 nitrogen and oxygen atoms in total. The second kappa shape index (κ2) is 6.31. The maximum absolute atomic E-state index is 12.0. The summed E-state index contributed by atoms with van der Waals surface area (Å²) in [6, 6.07) is -1.18. The van der Waals surface area contributed by atoms with Gasteiger partial charge in [-0.25, -0.2) is 8.42 Å². The number of carboxylic acid groups (broad SMARTS) is 1. The van der Waals surface area contributed by atoms with Gasteiger partial charge in [-0.05, 0) is 13.3 Å². The van der Waals surface area contributed by atoms with Crippen LogP contribution in [-0.2, 0) is 14.8 Å². The van der Waals surface area contributed by atoms with Crippen LogP contribution in [0.5, 0.6) is 0 Å². The van der Waals surface area contributed by atoms with E-state index >= 15 is 0 Å². The average molecular weight is 308 g/mol. The molecule has 1 aromatic heterocycles. The van der Waals surface area contributed by atoms with Gasteiger partial charge >= 0.3 is 10.8 Å². The van der Waals surface area contributed by atoms with Gasteiger partial charge in [0.1, 0.15) is 6.04 Å². The molecule has 1 heterocycles. The lowest BCUT2D eigenvalue weighted by atomic mass is 10.1. The normalized spacial score (nSPS) is 13.4. The number of sulfonamides is 1. The van der Waals surface area contributed by atoms with E-state index in [0.717, 1.165) is 6.42 Å². The predicted molar refractivity (Wildman–Crippen MR) is 70.9 cm³/mol. The molecule has 0 saturated heterocycles. The van der Waals surface area contributed by atoms with Crippen molar-refractivity contribution in [1.82, 2.24) is 9.71 Å². The van der Waals surface area contributed by atoms with Crippen LogP contribution in [0.3, 0.4) is 0 Å². The van der Waals surface area contributed by atoms with Crippen molar-refractivity contribution < 1.29 is 18.3 Å². The summed E-state index contributed by atoms with van der Waals surface area (Å²) >= 11 is 0.544. The fourth-order valence-electron chi connectivity index (χ4n) is 1.53. The zero-order valence-corrected chi connectivity index (χ0v) is 12.2. The molecule has 0 saturated carbocycles. The van der Waals surface area contributed by atoms with Crippen LogP contribution in [-0.4, -0.2) is 30.5 Å². The van der Waals surface area contributed by atoms with Gasteiger partial charge in [-0.2, -0.15) is 4.72 Å². The minimum Gasteiger partial charge on any atom is -0.480 e. The van der Waals surface area contributed by atoms with Crippen LogP contribution in [0.4, 0.5) is 0 Å². The molecule has 0 aliphatic heterocycles. The Balaban J connectivity index is 2.97. The number of H-pyrrole nitrogens is 1. The van der Waals surface area contributed by atoms with E-state index in [-0.39, 0.29) is 16.3 Å². The van der Waals surface area contributed by atoms with Gasteiger partial charge in [0.05, 0.1) is 0 Å². The van der Waals surface area contributed by atoms with E-state index in [1.54, 1.807) is 0 Å². The number of unbranched alkanes of at least 4 members (excludes halogenated alkanes) is 1. The SMILES string of the molecule is CCCC[C@H](NS(=O)(=O)c1sc(=O)[nH]c1C)C(=O)O. The topological polar surface area (TPSA) is 116 Å². The van der Waals surface area contributed by atoms with Gasteiger partial charge in [-0.15, -0.1) is 0 Å². The Kier molecular flexibility index (Phi) is 5.27. The molecule has 0 amide bonds. The molecular formula is C10H16N2O5S2. The Hall–Kier alpha value is -1.19. The highest BCUT2D eigenvalue weighted by Crippen LogP contribution is 2.16. The van der Waals surface area contributed by atoms with Crippen LogP contribution >= 0.6 is 11.3 Å². The molecule has 1 atom stereocenters. The molecule has 0 fully saturated rings. The van der Waals surface area contributed by atoms with Gasteiger partial charge in [0, 0.05) is 5.69 Å². The van der Waals surface area contributed by atoms with Crippen LogP contribution in [0.25, 0.3) is 0 Å². The summed E-state index contributed by atoms with van der Waals surface area (Å²) < 4.78 is 26.0. The molecule has 0 aliphatic carbocycles. The summed E-state index contributed by atoms with van der Waals surface area (Å²) in [5, 5.41) is 8.99. The Morgan fingerprint density at radius 1 is 1.53 bits per heavy atom. The van der Waals surface area contributed by atoms with Gasteiger partial charge in [0.25, 0.3) is 10.0 Å². The van der Waals surface area contributed by atoms with Gasteiger partial charge < -0.3 is 10.1 Å². The predicted octanol–water partition coefficient (Wildman–Crippen LogP) is 0.667. The van der Waals surface area contributed by atoms with Crippen molar-refractivity contribution in [3.05, 3.63) is 15.4 Å². The van der Waals surface area contributed by atoms with Crippen LogP contribution in [0, 0.1) is 6.92 Å². The largest absolute Gasteiger partial charge is 0.480 e. The number of aromatic amines is 1. The number of hydrogen-bond acceptors (Lipinski definition) is 5. The lowest BCUT2D eigenvalue weighted by Crippen LogP contribution is -2.40. The Morgan fingerprint density at radius 3 is 2.58 bits per heavy atom. The third kappa shape index (κ3) is 4.15. The van der Waals surface area contributed by atoms with Gasteiger partial charge in [0.15, 0.2) is 4.21 Å². The lowest BCUT2D eigenvalue weighted by Gasteiger charge is -2.13. The van der Waals surface area contributed by atoms with E-state index in [1.807, 2.05) is 6.92 Å². The molecule has 1 rings (SSSR count). The summed E-state index contributed by atoms with van der Waals surface area (Å²) in [4.78, 5) is 24.0. The number of thiazole rings is 1. The molecule has 19 heavy (non-hydrogen) atoms. The van der Waals surface area contributed by atoms with Crippen LogP contribution in [0.2, 0.25) is 0 Å². The van der Waals surface area contributed by atoms with E-state index in [2.05, 4.69) is 9.71 Å². The third-order valence-corrected chi connectivity index (χ3v) is 5.54. The van der Waals surface area contributed by atoms with E-state index in [1.165, 1.54) is 6.92 Å². The molecule has 0 bridgehead atoms. The van der Waals surface area contributed by atoms with Crippen molar-refractivity contribution in [2.75, 3.05) is 0 Å². The van der Waals surface area contributed by atoms with Crippen molar-refractivity contribution in [2.45, 2.75) is 43.4 Å². The first-order chi connectivity index (χ1) is 8.77. The number of hydrogen-bond donors (Lipinski definition) is 3. The number of carbonyl (C=O) groups is 1. The molecule has 9 heteroatoms. The summed E-state index contributed by atoms with van der Waals surface area (Å²) in [5.74, 6) is -1.22. The highest BCUT2D eigenvalue weighted by molar-refractivity contribution is 7.91. The number of carboxylic acids is 1. The summed E-state index contributed by atoms with van der Waals surface area (Å²) in [6.07, 6.45) is 1.58. The molecular weight excluding hydrogens is 292 g/mol. The first-order valence-electron chi connectivity index (χ1n) is 5.72. The number of aromatic nitrogens is 1. The molecule has 3 N–H and O–H groups in total. The average Bonchev–Trinajstić information content (AvgIpc) is 2.64. The van der Waals surface area contributed by atoms with Crippen molar-refractivity contribution in [3.63, 3.8) is 0 Å². The summed E-state index contributed by atoms with van der Waals surface area (Å²) in [6.45, 7) is 3.34. The monoisotopic (exact) mass is 308 g/mol. The van der Waals surface area contributed by atoms with Crippen LogP contribution < -0.4 is 9.60 Å². The number of aryl methyl sites for hydroxylation is 1. The number of nitrogens with one attached hydrogen (secondary N) is 2. The third-order valence-electron chi connectivity index (χ3n) is 2.47. The van der Waals surface area contributed by atoms with Gasteiger partial charge in [-0.3, -0.25) is 9.59 Å². The Morgan fingerprint density at radius 2 is 2.16 bits per heavy atom. The first-order valence-corrected chi connectivity index (χ1v) is 8.02. The van der Waals surface area contributed by atoms with Crippen LogP contribution in [0.1, 0.15) is 31.9 Å². The van der Waals surface area contributed by atoms with E-state index in [0.29, 0.717) is 17.8 Å². The molecule has 0 spiro atoms. The van der Waals surface area contributed by atoms with Crippen molar-refractivity contribution in [1.29, 1.82) is 0 Å². The molecule has 0 radical (unpaired) electrons. The summed E-state index contributed by atoms with van der Waals surface area (Å²) in [5.41, 5.74) is 0.210. The van der Waals surface area contributed by atoms with Crippen molar-refractivity contribution in [2.24, 2.45) is 0 Å². The van der Waals surface area contributed by atoms with E-state index < -0.39 is 26.9 Å². The minimum absolute atomic E-state index is 0.166.